The van der Waals surface area contributed by atoms with Crippen molar-refractivity contribution in [1.29, 1.82) is 0 Å². The first-order valence-electron chi connectivity index (χ1n) is 23.1. The molecule has 1 unspecified atom stereocenters. The largest absolute Gasteiger partial charge is 0.508 e. The highest BCUT2D eigenvalue weighted by Gasteiger charge is 2.32. The molecule has 1 atom stereocenters. The molecule has 0 radical (unpaired) electrons. The standard InChI is InChI=1S/C32H48O2.C24H30O2/c1-7-11-12-13-14-15-21-31(34,8-2)22-20-27-16-17-28(23-25(27)5)32(9-3,10-4)29-18-19-30(33)26(6)24-29;1-6-22(25)13-10-19-9-11-20(15-17(19)4)24(7-2,8-3)21-12-14-23(26)18(5)16-21/h16-20,22-24,33-34H,7-15,21H2,1-6H3;9-16,26H,6-8H2,1-5H3/b22-20+;13-10+. The van der Waals surface area contributed by atoms with Crippen molar-refractivity contribution in [3.8, 4) is 11.5 Å². The number of unbranched alkanes of at least 4 members (excludes halogenated alkanes) is 5. The molecule has 0 amide bonds. The van der Waals surface area contributed by atoms with Gasteiger partial charge in [0.2, 0.25) is 0 Å². The average molecular weight is 815 g/mol. The molecule has 4 nitrogen and oxygen atoms in total. The number of aromatic hydroxyl groups is 2. The van der Waals surface area contributed by atoms with Gasteiger partial charge in [-0.2, -0.15) is 0 Å². The first kappa shape index (κ1) is 49.9. The van der Waals surface area contributed by atoms with Crippen molar-refractivity contribution in [3.63, 3.8) is 0 Å². The van der Waals surface area contributed by atoms with Crippen molar-refractivity contribution in [3.05, 3.63) is 141 Å². The van der Waals surface area contributed by atoms with E-state index in [4.69, 9.17) is 0 Å². The number of ketones is 1. The summed E-state index contributed by atoms with van der Waals surface area (Å²) in [6.07, 6.45) is 21.2. The lowest BCUT2D eigenvalue weighted by Gasteiger charge is -2.34. The normalized spacial score (nSPS) is 13.1. The van der Waals surface area contributed by atoms with E-state index in [9.17, 15) is 20.1 Å². The van der Waals surface area contributed by atoms with Gasteiger partial charge in [-0.05, 0) is 140 Å². The van der Waals surface area contributed by atoms with Gasteiger partial charge in [0, 0.05) is 17.3 Å². The first-order valence-corrected chi connectivity index (χ1v) is 23.1. The van der Waals surface area contributed by atoms with Gasteiger partial charge in [0.1, 0.15) is 11.5 Å². The molecule has 0 aliphatic carbocycles. The van der Waals surface area contributed by atoms with E-state index in [0.717, 1.165) is 61.6 Å². The molecule has 326 valence electrons. The van der Waals surface area contributed by atoms with E-state index < -0.39 is 5.60 Å². The van der Waals surface area contributed by atoms with Gasteiger partial charge >= 0.3 is 0 Å². The van der Waals surface area contributed by atoms with Crippen molar-refractivity contribution in [1.82, 2.24) is 0 Å². The number of carbonyl (C=O) groups excluding carboxylic acids is 1. The number of hydrogen-bond donors (Lipinski definition) is 3. The van der Waals surface area contributed by atoms with Crippen LogP contribution in [0.1, 0.15) is 188 Å². The summed E-state index contributed by atoms with van der Waals surface area (Å²) in [5, 5.41) is 31.0. The Labute approximate surface area is 364 Å². The van der Waals surface area contributed by atoms with Crippen LogP contribution in [0.25, 0.3) is 12.2 Å². The van der Waals surface area contributed by atoms with Crippen LogP contribution in [-0.4, -0.2) is 26.7 Å². The molecular weight excluding hydrogens is 737 g/mol. The summed E-state index contributed by atoms with van der Waals surface area (Å²) in [5.74, 6) is 0.836. The zero-order chi connectivity index (χ0) is 44.5. The van der Waals surface area contributed by atoms with Gasteiger partial charge in [-0.1, -0.05) is 166 Å². The fourth-order valence-corrected chi connectivity index (χ4v) is 8.83. The number of phenolic OH excluding ortho intramolecular Hbond substituents is 2. The van der Waals surface area contributed by atoms with Gasteiger partial charge in [-0.15, -0.1) is 0 Å². The number of benzene rings is 4. The van der Waals surface area contributed by atoms with Gasteiger partial charge in [0.15, 0.2) is 5.78 Å². The number of phenols is 2. The topological polar surface area (TPSA) is 77.8 Å². The quantitative estimate of drug-likeness (QED) is 0.0578. The third-order valence-electron chi connectivity index (χ3n) is 13.5. The summed E-state index contributed by atoms with van der Waals surface area (Å²) in [4.78, 5) is 11.6. The maximum atomic E-state index is 11.6. The Morgan fingerprint density at radius 2 is 0.917 bits per heavy atom. The molecule has 0 saturated carbocycles. The Hall–Kier alpha value is -4.41. The summed E-state index contributed by atoms with van der Waals surface area (Å²) in [5.41, 5.74) is 10.7. The number of allylic oxidation sites excluding steroid dienone is 1. The summed E-state index contributed by atoms with van der Waals surface area (Å²) in [7, 11) is 0. The molecule has 0 aliphatic rings. The lowest BCUT2D eigenvalue weighted by Crippen LogP contribution is -2.26. The predicted molar refractivity (Wildman–Crippen MR) is 257 cm³/mol. The molecule has 0 bridgehead atoms. The maximum absolute atomic E-state index is 11.6. The number of aryl methyl sites for hydroxylation is 4. The molecule has 0 spiro atoms. The molecule has 0 aliphatic heterocycles. The van der Waals surface area contributed by atoms with Crippen LogP contribution in [0, 0.1) is 27.7 Å². The Morgan fingerprint density at radius 1 is 0.517 bits per heavy atom. The molecule has 4 rings (SSSR count). The monoisotopic (exact) mass is 815 g/mol. The zero-order valence-corrected chi connectivity index (χ0v) is 39.2. The second-order valence-electron chi connectivity index (χ2n) is 17.2. The highest BCUT2D eigenvalue weighted by atomic mass is 16.3. The Bertz CT molecular complexity index is 2030. The van der Waals surface area contributed by atoms with E-state index >= 15 is 0 Å². The van der Waals surface area contributed by atoms with Crippen LogP contribution < -0.4 is 0 Å². The van der Waals surface area contributed by atoms with Gasteiger partial charge in [0.05, 0.1) is 5.60 Å². The van der Waals surface area contributed by atoms with Crippen molar-refractivity contribution >= 4 is 17.9 Å². The minimum absolute atomic E-state index is 0.0760. The molecule has 4 heteroatoms. The third-order valence-corrected chi connectivity index (χ3v) is 13.5. The number of rotatable bonds is 21. The fraction of sp³-hybridized carbons (Fsp3) is 0.482. The van der Waals surface area contributed by atoms with Gasteiger partial charge in [0.25, 0.3) is 0 Å². The van der Waals surface area contributed by atoms with Gasteiger partial charge in [-0.3, -0.25) is 4.79 Å². The predicted octanol–water partition coefficient (Wildman–Crippen LogP) is 15.1. The summed E-state index contributed by atoms with van der Waals surface area (Å²) in [6.45, 7) is 23.3. The van der Waals surface area contributed by atoms with E-state index in [1.54, 1.807) is 12.1 Å². The molecule has 0 fully saturated rings. The van der Waals surface area contributed by atoms with Crippen LogP contribution in [-0.2, 0) is 15.6 Å². The molecule has 0 aromatic heterocycles. The molecule has 4 aromatic rings. The smallest absolute Gasteiger partial charge is 0.155 e. The highest BCUT2D eigenvalue weighted by Crippen LogP contribution is 2.42. The van der Waals surface area contributed by atoms with E-state index in [2.05, 4.69) is 116 Å². The second-order valence-corrected chi connectivity index (χ2v) is 17.2. The van der Waals surface area contributed by atoms with Crippen LogP contribution >= 0.6 is 0 Å². The van der Waals surface area contributed by atoms with E-state index in [-0.39, 0.29) is 16.6 Å². The first-order chi connectivity index (χ1) is 28.6. The maximum Gasteiger partial charge on any atom is 0.155 e. The number of hydrogen-bond acceptors (Lipinski definition) is 4. The van der Waals surface area contributed by atoms with Crippen LogP contribution in [0.5, 0.6) is 11.5 Å². The lowest BCUT2D eigenvalue weighted by molar-refractivity contribution is -0.114. The van der Waals surface area contributed by atoms with Gasteiger partial charge < -0.3 is 15.3 Å². The molecule has 0 heterocycles. The lowest BCUT2D eigenvalue weighted by atomic mass is 9.70. The fourth-order valence-electron chi connectivity index (χ4n) is 8.83. The summed E-state index contributed by atoms with van der Waals surface area (Å²) in [6, 6.07) is 25.3. The molecule has 60 heavy (non-hydrogen) atoms. The summed E-state index contributed by atoms with van der Waals surface area (Å²) >= 11 is 0. The molecule has 4 aromatic carbocycles. The van der Waals surface area contributed by atoms with E-state index in [0.29, 0.717) is 17.9 Å². The van der Waals surface area contributed by atoms with Crippen molar-refractivity contribution in [2.75, 3.05) is 0 Å². The van der Waals surface area contributed by atoms with Crippen LogP contribution in [0.15, 0.2) is 84.9 Å². The van der Waals surface area contributed by atoms with Crippen molar-refractivity contribution < 1.29 is 20.1 Å². The third kappa shape index (κ3) is 12.6. The van der Waals surface area contributed by atoms with E-state index in [1.807, 2.05) is 45.1 Å². The Morgan fingerprint density at radius 3 is 1.30 bits per heavy atom. The number of carbonyl (C=O) groups is 1. The second kappa shape index (κ2) is 23.6. The minimum Gasteiger partial charge on any atom is -0.508 e. The highest BCUT2D eigenvalue weighted by molar-refractivity contribution is 5.93. The Balaban J connectivity index is 0.000000332. The zero-order valence-electron chi connectivity index (χ0n) is 39.2. The molecule has 3 N–H and O–H groups in total. The summed E-state index contributed by atoms with van der Waals surface area (Å²) < 4.78 is 0. The van der Waals surface area contributed by atoms with E-state index in [1.165, 1.54) is 71.0 Å². The van der Waals surface area contributed by atoms with Crippen LogP contribution in [0.2, 0.25) is 0 Å². The van der Waals surface area contributed by atoms with Crippen molar-refractivity contribution in [2.24, 2.45) is 0 Å². The number of aliphatic hydroxyl groups is 1. The van der Waals surface area contributed by atoms with Crippen molar-refractivity contribution in [2.45, 2.75) is 176 Å². The van der Waals surface area contributed by atoms with Gasteiger partial charge in [-0.25, -0.2) is 0 Å². The Kier molecular flexibility index (Phi) is 19.6. The minimum atomic E-state index is -0.726. The molecule has 0 saturated heterocycles. The van der Waals surface area contributed by atoms with Crippen LogP contribution in [0.3, 0.4) is 0 Å². The van der Waals surface area contributed by atoms with Crippen LogP contribution in [0.4, 0.5) is 0 Å². The average Bonchev–Trinajstić information content (AvgIpc) is 3.25. The SMILES string of the molecule is CCC(=O)/C=C/c1ccc(C(CC)(CC)c2ccc(O)c(C)c2)cc1C.CCCCCCCCC(O)(/C=C/c1ccc(C(CC)(CC)c2ccc(O)c(C)c2)cc1C)CC. The molecular formula is C56H78O4.